The quantitative estimate of drug-likeness (QED) is 0.850. The highest BCUT2D eigenvalue weighted by Gasteiger charge is 1.98. The molecule has 0 aliphatic rings. The molecule has 1 heterocycles. The van der Waals surface area contributed by atoms with Gasteiger partial charge in [0.05, 0.1) is 0 Å². The van der Waals surface area contributed by atoms with Gasteiger partial charge in [-0.15, -0.1) is 0 Å². The van der Waals surface area contributed by atoms with E-state index in [1.165, 1.54) is 5.56 Å². The molecule has 2 aromatic rings. The molecule has 0 fully saturated rings. The molecule has 4 nitrogen and oxygen atoms in total. The van der Waals surface area contributed by atoms with Crippen molar-refractivity contribution in [1.82, 2.24) is 9.97 Å². The molecule has 0 aliphatic heterocycles. The number of benzene rings is 1. The van der Waals surface area contributed by atoms with Gasteiger partial charge in [-0.2, -0.15) is 4.98 Å². The van der Waals surface area contributed by atoms with E-state index in [1.54, 1.807) is 12.3 Å². The van der Waals surface area contributed by atoms with E-state index in [-0.39, 0.29) is 0 Å². The zero-order chi connectivity index (χ0) is 11.4. The summed E-state index contributed by atoms with van der Waals surface area (Å²) in [7, 11) is 0. The van der Waals surface area contributed by atoms with Crippen LogP contribution in [0.4, 0.5) is 5.82 Å². The Bertz CT molecular complexity index is 468. The molecule has 0 spiro atoms. The summed E-state index contributed by atoms with van der Waals surface area (Å²) in [5, 5.41) is 0. The van der Waals surface area contributed by atoms with Crippen molar-refractivity contribution in [2.45, 2.75) is 13.5 Å². The first kappa shape index (κ1) is 10.4. The van der Waals surface area contributed by atoms with Crippen LogP contribution in [-0.4, -0.2) is 9.97 Å². The van der Waals surface area contributed by atoms with Crippen LogP contribution in [0.25, 0.3) is 0 Å². The van der Waals surface area contributed by atoms with Crippen molar-refractivity contribution in [2.75, 3.05) is 5.73 Å². The first-order valence-electron chi connectivity index (χ1n) is 5.01. The van der Waals surface area contributed by atoms with E-state index in [4.69, 9.17) is 10.5 Å². The zero-order valence-corrected chi connectivity index (χ0v) is 9.05. The summed E-state index contributed by atoms with van der Waals surface area (Å²) in [6.45, 7) is 2.50. The predicted molar refractivity (Wildman–Crippen MR) is 62.0 cm³/mol. The molecule has 16 heavy (non-hydrogen) atoms. The Kier molecular flexibility index (Phi) is 3.00. The van der Waals surface area contributed by atoms with Gasteiger partial charge in [0, 0.05) is 6.20 Å². The smallest absolute Gasteiger partial charge is 0.318 e. The minimum absolute atomic E-state index is 0.306. The predicted octanol–water partition coefficient (Wildman–Crippen LogP) is 1.95. The number of hydrogen-bond acceptors (Lipinski definition) is 4. The van der Waals surface area contributed by atoms with E-state index in [9.17, 15) is 0 Å². The van der Waals surface area contributed by atoms with E-state index in [0.29, 0.717) is 18.4 Å². The Morgan fingerprint density at radius 2 is 1.94 bits per heavy atom. The van der Waals surface area contributed by atoms with Crippen LogP contribution < -0.4 is 10.5 Å². The first-order valence-corrected chi connectivity index (χ1v) is 5.01. The number of nitrogens with two attached hydrogens (primary N) is 1. The average molecular weight is 215 g/mol. The maximum Gasteiger partial charge on any atom is 0.318 e. The van der Waals surface area contributed by atoms with Gasteiger partial charge in [-0.05, 0) is 18.6 Å². The molecule has 0 bridgehead atoms. The summed E-state index contributed by atoms with van der Waals surface area (Å²) in [5.41, 5.74) is 7.82. The lowest BCUT2D eigenvalue weighted by Gasteiger charge is -2.04. The monoisotopic (exact) mass is 215 g/mol. The lowest BCUT2D eigenvalue weighted by molar-refractivity contribution is 0.281. The molecule has 2 rings (SSSR count). The van der Waals surface area contributed by atoms with Gasteiger partial charge in [-0.1, -0.05) is 29.8 Å². The highest BCUT2D eigenvalue weighted by Crippen LogP contribution is 2.08. The van der Waals surface area contributed by atoms with E-state index >= 15 is 0 Å². The van der Waals surface area contributed by atoms with Crippen LogP contribution in [0, 0.1) is 6.92 Å². The van der Waals surface area contributed by atoms with Crippen LogP contribution in [-0.2, 0) is 6.61 Å². The summed E-state index contributed by atoms with van der Waals surface area (Å²) in [6, 6.07) is 10.0. The maximum absolute atomic E-state index is 5.52. The van der Waals surface area contributed by atoms with Crippen LogP contribution in [0.15, 0.2) is 36.5 Å². The third kappa shape index (κ3) is 2.70. The highest BCUT2D eigenvalue weighted by atomic mass is 16.5. The number of rotatable bonds is 3. The molecular formula is C12H13N3O. The van der Waals surface area contributed by atoms with E-state index < -0.39 is 0 Å². The van der Waals surface area contributed by atoms with Gasteiger partial charge in [-0.25, -0.2) is 4.98 Å². The SMILES string of the molecule is Cc1ccc(COc2nccc(N)n2)cc1. The van der Waals surface area contributed by atoms with Crippen LogP contribution in [0.3, 0.4) is 0 Å². The van der Waals surface area contributed by atoms with E-state index in [0.717, 1.165) is 5.56 Å². The van der Waals surface area contributed by atoms with Crippen LogP contribution in [0.1, 0.15) is 11.1 Å². The standard InChI is InChI=1S/C12H13N3O/c1-9-2-4-10(5-3-9)8-16-12-14-7-6-11(13)15-12/h2-7H,8H2,1H3,(H2,13,14,15). The normalized spacial score (nSPS) is 10.1. The van der Waals surface area contributed by atoms with Crippen molar-refractivity contribution in [3.8, 4) is 6.01 Å². The van der Waals surface area contributed by atoms with Crippen molar-refractivity contribution in [3.05, 3.63) is 47.7 Å². The highest BCUT2D eigenvalue weighted by molar-refractivity contribution is 5.26. The van der Waals surface area contributed by atoms with Gasteiger partial charge in [0.15, 0.2) is 0 Å². The molecule has 1 aromatic heterocycles. The molecule has 2 N–H and O–H groups in total. The molecule has 0 amide bonds. The second kappa shape index (κ2) is 4.61. The van der Waals surface area contributed by atoms with Crippen LogP contribution in [0.2, 0.25) is 0 Å². The number of aryl methyl sites for hydroxylation is 1. The fourth-order valence-electron chi connectivity index (χ4n) is 1.26. The molecule has 0 saturated heterocycles. The lowest BCUT2D eigenvalue weighted by atomic mass is 10.2. The molecule has 0 radical (unpaired) electrons. The Morgan fingerprint density at radius 3 is 2.62 bits per heavy atom. The van der Waals surface area contributed by atoms with Gasteiger partial charge in [-0.3, -0.25) is 0 Å². The summed E-state index contributed by atoms with van der Waals surface area (Å²) in [5.74, 6) is 0.411. The molecule has 0 atom stereocenters. The Morgan fingerprint density at radius 1 is 1.19 bits per heavy atom. The summed E-state index contributed by atoms with van der Waals surface area (Å²) in [6.07, 6.45) is 1.58. The van der Waals surface area contributed by atoms with E-state index in [2.05, 4.69) is 9.97 Å². The summed E-state index contributed by atoms with van der Waals surface area (Å²) >= 11 is 0. The third-order valence-electron chi connectivity index (χ3n) is 2.14. The fourth-order valence-corrected chi connectivity index (χ4v) is 1.26. The molecular weight excluding hydrogens is 202 g/mol. The average Bonchev–Trinajstić information content (AvgIpc) is 2.28. The van der Waals surface area contributed by atoms with Crippen molar-refractivity contribution in [2.24, 2.45) is 0 Å². The maximum atomic E-state index is 5.52. The Labute approximate surface area is 94.1 Å². The number of aromatic nitrogens is 2. The number of nitrogens with zero attached hydrogens (tertiary/aromatic N) is 2. The second-order valence-corrected chi connectivity index (χ2v) is 3.54. The summed E-state index contributed by atoms with van der Waals surface area (Å²) in [4.78, 5) is 7.91. The number of anilines is 1. The molecule has 1 aromatic carbocycles. The van der Waals surface area contributed by atoms with Gasteiger partial charge >= 0.3 is 6.01 Å². The topological polar surface area (TPSA) is 61.0 Å². The largest absolute Gasteiger partial charge is 0.459 e. The van der Waals surface area contributed by atoms with Crippen molar-refractivity contribution < 1.29 is 4.74 Å². The van der Waals surface area contributed by atoms with Crippen LogP contribution >= 0.6 is 0 Å². The molecule has 4 heteroatoms. The molecule has 82 valence electrons. The van der Waals surface area contributed by atoms with Gasteiger partial charge < -0.3 is 10.5 Å². The van der Waals surface area contributed by atoms with Gasteiger partial charge in [0.2, 0.25) is 0 Å². The minimum atomic E-state index is 0.306. The Hall–Kier alpha value is -2.10. The summed E-state index contributed by atoms with van der Waals surface area (Å²) < 4.78 is 5.41. The number of ether oxygens (including phenoxy) is 1. The molecule has 0 aliphatic carbocycles. The molecule has 0 saturated carbocycles. The molecule has 0 unspecified atom stereocenters. The fraction of sp³-hybridized carbons (Fsp3) is 0.167. The zero-order valence-electron chi connectivity index (χ0n) is 9.05. The second-order valence-electron chi connectivity index (χ2n) is 3.54. The first-order chi connectivity index (χ1) is 7.74. The van der Waals surface area contributed by atoms with Crippen molar-refractivity contribution >= 4 is 5.82 Å². The number of nitrogen functional groups attached to an aromatic ring is 1. The lowest BCUT2D eigenvalue weighted by Crippen LogP contribution is -2.01. The van der Waals surface area contributed by atoms with Crippen molar-refractivity contribution in [1.29, 1.82) is 0 Å². The minimum Gasteiger partial charge on any atom is -0.459 e. The Balaban J connectivity index is 1.99. The van der Waals surface area contributed by atoms with Gasteiger partial charge in [0.25, 0.3) is 0 Å². The third-order valence-corrected chi connectivity index (χ3v) is 2.14. The van der Waals surface area contributed by atoms with Crippen LogP contribution in [0.5, 0.6) is 6.01 Å². The van der Waals surface area contributed by atoms with E-state index in [1.807, 2.05) is 31.2 Å². The number of hydrogen-bond donors (Lipinski definition) is 1. The van der Waals surface area contributed by atoms with Gasteiger partial charge in [0.1, 0.15) is 12.4 Å². The van der Waals surface area contributed by atoms with Crippen molar-refractivity contribution in [3.63, 3.8) is 0 Å².